The second-order valence-corrected chi connectivity index (χ2v) is 5.86. The molecular weight excluding hydrogens is 232 g/mol. The molecule has 0 aliphatic heterocycles. The van der Waals surface area contributed by atoms with Gasteiger partial charge in [0.25, 0.3) is 0 Å². The van der Waals surface area contributed by atoms with Gasteiger partial charge in [0.2, 0.25) is 0 Å². The van der Waals surface area contributed by atoms with Crippen LogP contribution in [-0.4, -0.2) is 41.1 Å². The molecule has 0 bridgehead atoms. The molecule has 0 spiro atoms. The van der Waals surface area contributed by atoms with Crippen LogP contribution in [0.3, 0.4) is 0 Å². The molecule has 0 aromatic carbocycles. The van der Waals surface area contributed by atoms with Crippen molar-refractivity contribution in [3.63, 3.8) is 0 Å². The molecule has 18 heavy (non-hydrogen) atoms. The molecule has 0 radical (unpaired) electrons. The lowest BCUT2D eigenvalue weighted by atomic mass is 9.73. The summed E-state index contributed by atoms with van der Waals surface area (Å²) < 4.78 is 0. The van der Waals surface area contributed by atoms with E-state index in [9.17, 15) is 9.59 Å². The van der Waals surface area contributed by atoms with E-state index < -0.39 is 12.0 Å². The summed E-state index contributed by atoms with van der Waals surface area (Å²) >= 11 is 0. The summed E-state index contributed by atoms with van der Waals surface area (Å²) in [4.78, 5) is 24.1. The normalized spacial score (nSPS) is 24.1. The summed E-state index contributed by atoms with van der Waals surface area (Å²) in [6, 6.07) is -0.983. The zero-order chi connectivity index (χ0) is 13.9. The first-order chi connectivity index (χ1) is 8.25. The predicted octanol–water partition coefficient (Wildman–Crippen LogP) is 2.07. The molecule has 0 heterocycles. The first kappa shape index (κ1) is 14.8. The van der Waals surface area contributed by atoms with Crippen molar-refractivity contribution in [1.82, 2.24) is 10.2 Å². The van der Waals surface area contributed by atoms with Gasteiger partial charge < -0.3 is 15.3 Å². The molecule has 2 amide bonds. The van der Waals surface area contributed by atoms with Gasteiger partial charge in [-0.15, -0.1) is 0 Å². The third kappa shape index (κ3) is 3.37. The van der Waals surface area contributed by atoms with E-state index in [1.165, 1.54) is 25.3 Å². The van der Waals surface area contributed by atoms with Gasteiger partial charge in [-0.05, 0) is 25.2 Å². The van der Waals surface area contributed by atoms with Crippen LogP contribution in [0.4, 0.5) is 4.79 Å². The highest BCUT2D eigenvalue weighted by molar-refractivity contribution is 5.82. The number of hydrogen-bond donors (Lipinski definition) is 2. The van der Waals surface area contributed by atoms with E-state index in [4.69, 9.17) is 5.11 Å². The minimum Gasteiger partial charge on any atom is -0.480 e. The van der Waals surface area contributed by atoms with E-state index in [2.05, 4.69) is 19.2 Å². The minimum absolute atomic E-state index is 0.0845. The van der Waals surface area contributed by atoms with Gasteiger partial charge in [0.05, 0.1) is 0 Å². The standard InChI is InChI=1S/C13H24N2O3/c1-9(11(16)17)15(4)12(18)14-10-7-5-6-8-13(10,2)3/h9-10H,5-8H2,1-4H3,(H,14,18)(H,16,17). The van der Waals surface area contributed by atoms with Crippen LogP contribution in [0.15, 0.2) is 0 Å². The van der Waals surface area contributed by atoms with Gasteiger partial charge in [-0.25, -0.2) is 9.59 Å². The fraction of sp³-hybridized carbons (Fsp3) is 0.846. The van der Waals surface area contributed by atoms with Gasteiger partial charge in [0.15, 0.2) is 0 Å². The topological polar surface area (TPSA) is 69.6 Å². The molecule has 2 atom stereocenters. The number of carbonyl (C=O) groups excluding carboxylic acids is 1. The lowest BCUT2D eigenvalue weighted by Gasteiger charge is -2.40. The van der Waals surface area contributed by atoms with Crippen molar-refractivity contribution in [1.29, 1.82) is 0 Å². The Labute approximate surface area is 109 Å². The predicted molar refractivity (Wildman–Crippen MR) is 69.4 cm³/mol. The Bertz CT molecular complexity index is 328. The molecule has 0 aromatic heterocycles. The lowest BCUT2D eigenvalue weighted by molar-refractivity contribution is -0.141. The second-order valence-electron chi connectivity index (χ2n) is 5.86. The first-order valence-electron chi connectivity index (χ1n) is 6.52. The maximum Gasteiger partial charge on any atom is 0.326 e. The Morgan fingerprint density at radius 2 is 2.00 bits per heavy atom. The number of nitrogens with one attached hydrogen (secondary N) is 1. The summed E-state index contributed by atoms with van der Waals surface area (Å²) in [7, 11) is 1.52. The van der Waals surface area contributed by atoms with Gasteiger partial charge >= 0.3 is 12.0 Å². The molecule has 0 saturated heterocycles. The summed E-state index contributed by atoms with van der Waals surface area (Å²) in [5, 5.41) is 11.9. The molecule has 5 nitrogen and oxygen atoms in total. The van der Waals surface area contributed by atoms with Crippen LogP contribution < -0.4 is 5.32 Å². The lowest BCUT2D eigenvalue weighted by Crippen LogP contribution is -2.53. The van der Waals surface area contributed by atoms with Gasteiger partial charge in [-0.3, -0.25) is 0 Å². The zero-order valence-electron chi connectivity index (χ0n) is 11.7. The van der Waals surface area contributed by atoms with Crippen molar-refractivity contribution in [3.05, 3.63) is 0 Å². The number of hydrogen-bond acceptors (Lipinski definition) is 2. The Morgan fingerprint density at radius 1 is 1.39 bits per heavy atom. The van der Waals surface area contributed by atoms with E-state index in [0.29, 0.717) is 0 Å². The number of rotatable bonds is 3. The Hall–Kier alpha value is -1.26. The third-order valence-corrected chi connectivity index (χ3v) is 4.06. The molecule has 1 saturated carbocycles. The fourth-order valence-corrected chi connectivity index (χ4v) is 2.35. The second kappa shape index (κ2) is 5.59. The number of aliphatic carboxylic acids is 1. The molecule has 1 aliphatic carbocycles. The van der Waals surface area contributed by atoms with E-state index in [1.54, 1.807) is 0 Å². The van der Waals surface area contributed by atoms with Crippen LogP contribution in [0.2, 0.25) is 0 Å². The Kier molecular flexibility index (Phi) is 4.59. The van der Waals surface area contributed by atoms with E-state index in [1.807, 2.05) is 0 Å². The van der Waals surface area contributed by atoms with E-state index >= 15 is 0 Å². The maximum atomic E-state index is 12.0. The molecule has 1 rings (SSSR count). The van der Waals surface area contributed by atoms with Crippen molar-refractivity contribution in [2.75, 3.05) is 7.05 Å². The monoisotopic (exact) mass is 256 g/mol. The highest BCUT2D eigenvalue weighted by atomic mass is 16.4. The molecule has 2 unspecified atom stereocenters. The Balaban J connectivity index is 2.61. The largest absolute Gasteiger partial charge is 0.480 e. The highest BCUT2D eigenvalue weighted by Crippen LogP contribution is 2.35. The van der Waals surface area contributed by atoms with Crippen LogP contribution in [-0.2, 0) is 4.79 Å². The van der Waals surface area contributed by atoms with Crippen LogP contribution in [0, 0.1) is 5.41 Å². The average molecular weight is 256 g/mol. The Morgan fingerprint density at radius 3 is 2.50 bits per heavy atom. The van der Waals surface area contributed by atoms with Gasteiger partial charge in [-0.1, -0.05) is 26.7 Å². The molecule has 5 heteroatoms. The molecular formula is C13H24N2O3. The van der Waals surface area contributed by atoms with Gasteiger partial charge in [0, 0.05) is 13.1 Å². The van der Waals surface area contributed by atoms with Gasteiger partial charge in [-0.2, -0.15) is 0 Å². The summed E-state index contributed by atoms with van der Waals surface area (Å²) in [6.07, 6.45) is 4.37. The quantitative estimate of drug-likeness (QED) is 0.812. The van der Waals surface area contributed by atoms with Crippen LogP contribution in [0.1, 0.15) is 46.5 Å². The summed E-state index contributed by atoms with van der Waals surface area (Å²) in [5.41, 5.74) is 0.0845. The highest BCUT2D eigenvalue weighted by Gasteiger charge is 2.34. The number of carbonyl (C=O) groups is 2. The summed E-state index contributed by atoms with van der Waals surface area (Å²) in [6.45, 7) is 5.81. The molecule has 0 aromatic rings. The first-order valence-corrected chi connectivity index (χ1v) is 6.52. The van der Waals surface area contributed by atoms with Crippen molar-refractivity contribution in [2.45, 2.75) is 58.5 Å². The number of carboxylic acid groups (broad SMARTS) is 1. The number of amides is 2. The number of likely N-dealkylation sites (N-methyl/N-ethyl adjacent to an activating group) is 1. The zero-order valence-corrected chi connectivity index (χ0v) is 11.7. The van der Waals surface area contributed by atoms with Crippen LogP contribution in [0.5, 0.6) is 0 Å². The smallest absolute Gasteiger partial charge is 0.326 e. The number of nitrogens with zero attached hydrogens (tertiary/aromatic N) is 1. The van der Waals surface area contributed by atoms with Crippen LogP contribution >= 0.6 is 0 Å². The van der Waals surface area contributed by atoms with E-state index in [-0.39, 0.29) is 17.5 Å². The van der Waals surface area contributed by atoms with Crippen molar-refractivity contribution in [2.24, 2.45) is 5.41 Å². The number of carboxylic acids is 1. The van der Waals surface area contributed by atoms with Crippen molar-refractivity contribution in [3.8, 4) is 0 Å². The maximum absolute atomic E-state index is 12.0. The van der Waals surface area contributed by atoms with Crippen LogP contribution in [0.25, 0.3) is 0 Å². The molecule has 1 fully saturated rings. The number of urea groups is 1. The molecule has 1 aliphatic rings. The average Bonchev–Trinajstić information content (AvgIpc) is 2.29. The van der Waals surface area contributed by atoms with Crippen molar-refractivity contribution < 1.29 is 14.7 Å². The fourth-order valence-electron chi connectivity index (χ4n) is 2.35. The minimum atomic E-state index is -0.990. The molecule has 2 N–H and O–H groups in total. The van der Waals surface area contributed by atoms with Crippen molar-refractivity contribution >= 4 is 12.0 Å². The summed E-state index contributed by atoms with van der Waals surface area (Å²) in [5.74, 6) is -0.990. The van der Waals surface area contributed by atoms with Gasteiger partial charge in [0.1, 0.15) is 6.04 Å². The van der Waals surface area contributed by atoms with E-state index in [0.717, 1.165) is 19.3 Å². The third-order valence-electron chi connectivity index (χ3n) is 4.06. The SMILES string of the molecule is CC(C(=O)O)N(C)C(=O)NC1CCCCC1(C)C. The molecule has 104 valence electrons.